The van der Waals surface area contributed by atoms with Gasteiger partial charge in [0.2, 0.25) is 0 Å². The molecule has 2 aliphatic rings. The molecular formula is C15H23F3N2O4. The van der Waals surface area contributed by atoms with Crippen LogP contribution in [0, 0.1) is 10.8 Å². The molecule has 9 heteroatoms. The number of hydrogen-bond donors (Lipinski definition) is 1. The third kappa shape index (κ3) is 2.82. The predicted octanol–water partition coefficient (Wildman–Crippen LogP) is 1.94. The average molecular weight is 352 g/mol. The highest BCUT2D eigenvalue weighted by molar-refractivity contribution is 5.82. The van der Waals surface area contributed by atoms with Gasteiger partial charge in [-0.05, 0) is 27.7 Å². The lowest BCUT2D eigenvalue weighted by Crippen LogP contribution is -2.55. The topological polar surface area (TPSA) is 67.9 Å². The molecule has 0 radical (unpaired) electrons. The van der Waals surface area contributed by atoms with Crippen LogP contribution in [0.5, 0.6) is 0 Å². The van der Waals surface area contributed by atoms with E-state index in [4.69, 9.17) is 9.47 Å². The Labute approximate surface area is 138 Å². The summed E-state index contributed by atoms with van der Waals surface area (Å²) in [5, 5.41) is 2.66. The number of rotatable bonds is 2. The maximum Gasteiger partial charge on any atom is 0.410 e. The Bertz CT molecular complexity index is 532. The van der Waals surface area contributed by atoms with Gasteiger partial charge < -0.3 is 19.7 Å². The Morgan fingerprint density at radius 1 is 1.17 bits per heavy atom. The first-order chi connectivity index (χ1) is 10.9. The fourth-order valence-corrected chi connectivity index (χ4v) is 3.47. The summed E-state index contributed by atoms with van der Waals surface area (Å²) in [6.07, 6.45) is -5.52. The second-order valence-corrected chi connectivity index (χ2v) is 7.32. The number of fused-ring (bicyclic) bond motifs is 1. The van der Waals surface area contributed by atoms with Crippen molar-refractivity contribution in [1.82, 2.24) is 10.2 Å². The third-order valence-electron chi connectivity index (χ3n) is 4.55. The van der Waals surface area contributed by atoms with Crippen LogP contribution in [-0.4, -0.2) is 61.5 Å². The van der Waals surface area contributed by atoms with E-state index in [1.54, 1.807) is 20.8 Å². The van der Waals surface area contributed by atoms with Crippen molar-refractivity contribution in [2.24, 2.45) is 10.8 Å². The third-order valence-corrected chi connectivity index (χ3v) is 4.55. The molecule has 0 saturated carbocycles. The quantitative estimate of drug-likeness (QED) is 0.770. The van der Waals surface area contributed by atoms with Gasteiger partial charge in [0.15, 0.2) is 0 Å². The van der Waals surface area contributed by atoms with E-state index in [1.165, 1.54) is 6.92 Å². The monoisotopic (exact) mass is 352 g/mol. The van der Waals surface area contributed by atoms with E-state index in [-0.39, 0.29) is 19.7 Å². The highest BCUT2D eigenvalue weighted by atomic mass is 19.4. The van der Waals surface area contributed by atoms with E-state index < -0.39 is 47.8 Å². The zero-order valence-corrected chi connectivity index (χ0v) is 14.2. The number of alkyl halides is 3. The van der Waals surface area contributed by atoms with E-state index in [2.05, 4.69) is 5.32 Å². The van der Waals surface area contributed by atoms with Crippen LogP contribution in [0.25, 0.3) is 0 Å². The Hall–Kier alpha value is -1.51. The Kier molecular flexibility index (Phi) is 4.54. The van der Waals surface area contributed by atoms with E-state index in [0.717, 1.165) is 4.90 Å². The molecule has 2 fully saturated rings. The van der Waals surface area contributed by atoms with E-state index in [1.807, 2.05) is 0 Å². The van der Waals surface area contributed by atoms with Crippen molar-refractivity contribution < 1.29 is 32.2 Å². The van der Waals surface area contributed by atoms with Crippen molar-refractivity contribution in [3.63, 3.8) is 0 Å². The molecule has 2 heterocycles. The Balaban J connectivity index is 2.39. The summed E-state index contributed by atoms with van der Waals surface area (Å²) in [6.45, 7) is 4.76. The second kappa shape index (κ2) is 5.79. The summed E-state index contributed by atoms with van der Waals surface area (Å²) in [5.41, 5.74) is -5.06. The summed E-state index contributed by atoms with van der Waals surface area (Å²) in [7, 11) is 0. The second-order valence-electron chi connectivity index (χ2n) is 7.32. The number of nitrogens with zero attached hydrogens (tertiary/aromatic N) is 1. The van der Waals surface area contributed by atoms with Gasteiger partial charge in [0, 0.05) is 26.2 Å². The average Bonchev–Trinajstić information content (AvgIpc) is 2.90. The number of carbonyl (C=O) groups excluding carboxylic acids is 2. The highest BCUT2D eigenvalue weighted by Gasteiger charge is 2.77. The molecule has 0 aromatic rings. The summed E-state index contributed by atoms with van der Waals surface area (Å²) < 4.78 is 51.8. The van der Waals surface area contributed by atoms with Gasteiger partial charge in [0.05, 0.1) is 6.61 Å². The number of nitrogens with one attached hydrogen (secondary N) is 1. The molecule has 2 atom stereocenters. The first-order valence-electron chi connectivity index (χ1n) is 7.81. The molecule has 2 rings (SSSR count). The van der Waals surface area contributed by atoms with Crippen molar-refractivity contribution in [2.45, 2.75) is 39.5 Å². The number of likely N-dealkylation sites (tertiary alicyclic amines) is 1. The van der Waals surface area contributed by atoms with Crippen LogP contribution in [0.2, 0.25) is 0 Å². The fraction of sp³-hybridized carbons (Fsp3) is 0.867. The summed E-state index contributed by atoms with van der Waals surface area (Å²) in [4.78, 5) is 25.6. The van der Waals surface area contributed by atoms with Gasteiger partial charge in [-0.15, -0.1) is 0 Å². The van der Waals surface area contributed by atoms with Crippen molar-refractivity contribution in [2.75, 3.05) is 32.8 Å². The molecule has 0 aromatic heterocycles. The van der Waals surface area contributed by atoms with Crippen LogP contribution in [0.1, 0.15) is 27.7 Å². The van der Waals surface area contributed by atoms with Gasteiger partial charge in [0.25, 0.3) is 0 Å². The summed E-state index contributed by atoms with van der Waals surface area (Å²) in [5.74, 6) is -0.932. The number of halogens is 3. The first-order valence-corrected chi connectivity index (χ1v) is 7.81. The Morgan fingerprint density at radius 3 is 2.29 bits per heavy atom. The largest absolute Gasteiger partial charge is 0.465 e. The molecular weight excluding hydrogens is 329 g/mol. The smallest absolute Gasteiger partial charge is 0.410 e. The van der Waals surface area contributed by atoms with Crippen LogP contribution in [-0.2, 0) is 14.3 Å². The van der Waals surface area contributed by atoms with Gasteiger partial charge in [0.1, 0.15) is 16.4 Å². The van der Waals surface area contributed by atoms with Gasteiger partial charge in [-0.2, -0.15) is 13.2 Å². The predicted molar refractivity (Wildman–Crippen MR) is 78.2 cm³/mol. The van der Waals surface area contributed by atoms with Crippen LogP contribution < -0.4 is 5.32 Å². The van der Waals surface area contributed by atoms with Crippen LogP contribution >= 0.6 is 0 Å². The number of ether oxygens (including phenoxy) is 2. The molecule has 0 aromatic carbocycles. The number of amides is 1. The number of carbonyl (C=O) groups is 2. The molecule has 2 aliphatic heterocycles. The SMILES string of the molecule is CCOC(=O)C12CNCC1(C(F)(F)F)CN(C(=O)OC(C)(C)C)C2. The minimum atomic E-state index is -4.67. The van der Waals surface area contributed by atoms with Crippen molar-refractivity contribution in [1.29, 1.82) is 0 Å². The lowest BCUT2D eigenvalue weighted by molar-refractivity contribution is -0.241. The minimum Gasteiger partial charge on any atom is -0.465 e. The van der Waals surface area contributed by atoms with E-state index in [9.17, 15) is 22.8 Å². The van der Waals surface area contributed by atoms with Gasteiger partial charge >= 0.3 is 18.2 Å². The first kappa shape index (κ1) is 18.8. The van der Waals surface area contributed by atoms with E-state index >= 15 is 0 Å². The van der Waals surface area contributed by atoms with Gasteiger partial charge in [-0.1, -0.05) is 0 Å². The molecule has 0 bridgehead atoms. The molecule has 138 valence electrons. The molecule has 0 aliphatic carbocycles. The summed E-state index contributed by atoms with van der Waals surface area (Å²) >= 11 is 0. The fourth-order valence-electron chi connectivity index (χ4n) is 3.47. The molecule has 2 unspecified atom stereocenters. The van der Waals surface area contributed by atoms with E-state index in [0.29, 0.717) is 0 Å². The van der Waals surface area contributed by atoms with Crippen LogP contribution in [0.4, 0.5) is 18.0 Å². The number of esters is 1. The van der Waals surface area contributed by atoms with Gasteiger partial charge in [-0.25, -0.2) is 4.79 Å². The maximum absolute atomic E-state index is 13.9. The van der Waals surface area contributed by atoms with Crippen LogP contribution in [0.15, 0.2) is 0 Å². The molecule has 1 amide bonds. The summed E-state index contributed by atoms with van der Waals surface area (Å²) in [6, 6.07) is 0. The zero-order chi connectivity index (χ0) is 18.4. The highest BCUT2D eigenvalue weighted by Crippen LogP contribution is 2.58. The molecule has 2 saturated heterocycles. The zero-order valence-electron chi connectivity index (χ0n) is 14.2. The Morgan fingerprint density at radius 2 is 1.79 bits per heavy atom. The minimum absolute atomic E-state index is 0.0268. The van der Waals surface area contributed by atoms with Gasteiger partial charge in [-0.3, -0.25) is 4.79 Å². The lowest BCUT2D eigenvalue weighted by atomic mass is 9.67. The van der Waals surface area contributed by atoms with Crippen LogP contribution in [0.3, 0.4) is 0 Å². The van der Waals surface area contributed by atoms with Crippen molar-refractivity contribution in [3.8, 4) is 0 Å². The molecule has 1 N–H and O–H groups in total. The molecule has 0 spiro atoms. The lowest BCUT2D eigenvalue weighted by Gasteiger charge is -2.37. The normalized spacial score (nSPS) is 30.2. The standard InChI is InChI=1S/C15H23F3N2O4/c1-5-23-10(21)13-6-19-7-14(13,15(16,17)18)9-20(8-13)11(22)24-12(2,3)4/h19H,5-9H2,1-4H3. The maximum atomic E-state index is 13.9. The molecule has 6 nitrogen and oxygen atoms in total. The number of hydrogen-bond acceptors (Lipinski definition) is 5. The molecule has 24 heavy (non-hydrogen) atoms. The van der Waals surface area contributed by atoms with Crippen molar-refractivity contribution >= 4 is 12.1 Å². The van der Waals surface area contributed by atoms with Crippen molar-refractivity contribution in [3.05, 3.63) is 0 Å².